The molecule has 4 rings (SSSR count). The van der Waals surface area contributed by atoms with Gasteiger partial charge < -0.3 is 4.74 Å². The van der Waals surface area contributed by atoms with Gasteiger partial charge >= 0.3 is 0 Å². The molecular weight excluding hydrogens is 356 g/mol. The normalized spacial score (nSPS) is 15.1. The van der Waals surface area contributed by atoms with Gasteiger partial charge in [0, 0.05) is 18.9 Å². The van der Waals surface area contributed by atoms with Gasteiger partial charge in [-0.3, -0.25) is 0 Å². The van der Waals surface area contributed by atoms with E-state index in [0.717, 1.165) is 33.0 Å². The van der Waals surface area contributed by atoms with Crippen molar-refractivity contribution >= 4 is 31.6 Å². The number of ether oxygens (including phenoxy) is 1. The first-order valence-electron chi connectivity index (χ1n) is 8.14. The van der Waals surface area contributed by atoms with E-state index >= 15 is 0 Å². The molecule has 0 spiro atoms. The van der Waals surface area contributed by atoms with E-state index in [9.17, 15) is 8.42 Å². The predicted octanol–water partition coefficient (Wildman–Crippen LogP) is 3.31. The first-order chi connectivity index (χ1) is 12.0. The van der Waals surface area contributed by atoms with Gasteiger partial charge in [0.05, 0.1) is 26.7 Å². The van der Waals surface area contributed by atoms with Crippen molar-refractivity contribution in [2.75, 3.05) is 13.2 Å². The van der Waals surface area contributed by atoms with Gasteiger partial charge in [0.15, 0.2) is 0 Å². The fraction of sp³-hybridized carbons (Fsp3) is 0.278. The lowest BCUT2D eigenvalue weighted by atomic mass is 10.2. The Morgan fingerprint density at radius 1 is 1.28 bits per heavy atom. The van der Waals surface area contributed by atoms with Crippen LogP contribution in [0.3, 0.4) is 0 Å². The van der Waals surface area contributed by atoms with Crippen LogP contribution >= 0.6 is 11.3 Å². The van der Waals surface area contributed by atoms with Gasteiger partial charge in [-0.25, -0.2) is 18.1 Å². The van der Waals surface area contributed by atoms with E-state index in [1.807, 2.05) is 31.2 Å². The number of para-hydroxylation sites is 1. The van der Waals surface area contributed by atoms with Crippen LogP contribution in [-0.2, 0) is 16.4 Å². The van der Waals surface area contributed by atoms with Crippen LogP contribution in [0.1, 0.15) is 23.4 Å². The Labute approximate surface area is 150 Å². The molecule has 130 valence electrons. The summed E-state index contributed by atoms with van der Waals surface area (Å²) in [6.45, 7) is 2.91. The highest BCUT2D eigenvalue weighted by Crippen LogP contribution is 2.29. The van der Waals surface area contributed by atoms with Crippen LogP contribution in [0.5, 0.6) is 5.75 Å². The number of nitrogens with zero attached hydrogens (tertiary/aromatic N) is 1. The Morgan fingerprint density at radius 2 is 2.12 bits per heavy atom. The maximum absolute atomic E-state index is 12.6. The van der Waals surface area contributed by atoms with Gasteiger partial charge in [0.25, 0.3) is 0 Å². The fourth-order valence-electron chi connectivity index (χ4n) is 2.84. The van der Waals surface area contributed by atoms with E-state index in [0.29, 0.717) is 13.2 Å². The van der Waals surface area contributed by atoms with Gasteiger partial charge in [0.2, 0.25) is 10.0 Å². The van der Waals surface area contributed by atoms with Crippen molar-refractivity contribution in [1.29, 1.82) is 0 Å². The zero-order chi connectivity index (χ0) is 17.4. The molecule has 1 unspecified atom stereocenters. The summed E-state index contributed by atoms with van der Waals surface area (Å²) in [5.74, 6) is 0.784. The molecule has 5 nitrogen and oxygen atoms in total. The molecule has 1 aliphatic heterocycles. The predicted molar refractivity (Wildman–Crippen MR) is 98.9 cm³/mol. The van der Waals surface area contributed by atoms with Gasteiger partial charge in [-0.2, -0.15) is 0 Å². The highest BCUT2D eigenvalue weighted by Gasteiger charge is 2.21. The molecule has 0 saturated carbocycles. The molecule has 7 heteroatoms. The van der Waals surface area contributed by atoms with Crippen molar-refractivity contribution in [2.24, 2.45) is 0 Å². The van der Waals surface area contributed by atoms with Crippen LogP contribution < -0.4 is 9.46 Å². The third-order valence-electron chi connectivity index (χ3n) is 4.28. The minimum Gasteiger partial charge on any atom is -0.493 e. The Morgan fingerprint density at radius 3 is 2.96 bits per heavy atom. The first-order valence-corrected chi connectivity index (χ1v) is 10.4. The summed E-state index contributed by atoms with van der Waals surface area (Å²) >= 11 is 1.61. The second kappa shape index (κ2) is 6.40. The Kier molecular flexibility index (Phi) is 4.23. The van der Waals surface area contributed by atoms with E-state index in [4.69, 9.17) is 4.74 Å². The molecule has 0 amide bonds. The summed E-state index contributed by atoms with van der Waals surface area (Å²) in [6, 6.07) is 13.0. The van der Waals surface area contributed by atoms with E-state index in [2.05, 4.69) is 9.71 Å². The lowest BCUT2D eigenvalue weighted by Crippen LogP contribution is -2.27. The standard InChI is InChI=1S/C18H18N2O3S2/c1-12(18-20-15-4-2-3-5-17(15)24-18)11-19-25(21,22)14-6-7-16-13(10-14)8-9-23-16/h2-7,10,12,19H,8-9,11H2,1H3. The Bertz CT molecular complexity index is 995. The molecule has 0 aliphatic carbocycles. The molecule has 0 fully saturated rings. The van der Waals surface area contributed by atoms with Crippen molar-refractivity contribution in [3.8, 4) is 5.75 Å². The van der Waals surface area contributed by atoms with Crippen LogP contribution in [0.25, 0.3) is 10.2 Å². The lowest BCUT2D eigenvalue weighted by molar-refractivity contribution is 0.356. The first kappa shape index (κ1) is 16.5. The number of fused-ring (bicyclic) bond motifs is 2. The largest absolute Gasteiger partial charge is 0.493 e. The van der Waals surface area contributed by atoms with Crippen molar-refractivity contribution < 1.29 is 13.2 Å². The summed E-state index contributed by atoms with van der Waals surface area (Å²) in [5.41, 5.74) is 1.90. The smallest absolute Gasteiger partial charge is 0.240 e. The average molecular weight is 374 g/mol. The number of hydrogen-bond acceptors (Lipinski definition) is 5. The summed E-state index contributed by atoms with van der Waals surface area (Å²) in [5, 5.41) is 0.936. The number of thiazole rings is 1. The molecule has 2 aromatic carbocycles. The van der Waals surface area contributed by atoms with Crippen molar-refractivity contribution in [3.05, 3.63) is 53.0 Å². The minimum atomic E-state index is -3.54. The van der Waals surface area contributed by atoms with E-state index < -0.39 is 10.0 Å². The van der Waals surface area contributed by atoms with Crippen LogP contribution in [-0.4, -0.2) is 26.6 Å². The van der Waals surface area contributed by atoms with Crippen molar-refractivity contribution in [1.82, 2.24) is 9.71 Å². The molecule has 25 heavy (non-hydrogen) atoms. The van der Waals surface area contributed by atoms with E-state index in [1.54, 1.807) is 29.5 Å². The molecule has 1 atom stereocenters. The molecule has 1 N–H and O–H groups in total. The van der Waals surface area contributed by atoms with Crippen molar-refractivity contribution in [3.63, 3.8) is 0 Å². The fourth-order valence-corrected chi connectivity index (χ4v) is 5.04. The average Bonchev–Trinajstić information content (AvgIpc) is 3.25. The molecule has 1 aromatic heterocycles. The number of sulfonamides is 1. The number of hydrogen-bond donors (Lipinski definition) is 1. The molecule has 2 heterocycles. The topological polar surface area (TPSA) is 68.3 Å². The molecular formula is C18H18N2O3S2. The SMILES string of the molecule is CC(CNS(=O)(=O)c1ccc2c(c1)CCO2)c1nc2ccccc2s1. The van der Waals surface area contributed by atoms with E-state index in [1.165, 1.54) is 0 Å². The number of aromatic nitrogens is 1. The number of benzene rings is 2. The number of nitrogens with one attached hydrogen (secondary N) is 1. The summed E-state index contributed by atoms with van der Waals surface area (Å²) in [6.07, 6.45) is 0.751. The Hall–Kier alpha value is -1.96. The third kappa shape index (κ3) is 3.27. The monoisotopic (exact) mass is 374 g/mol. The number of rotatable bonds is 5. The molecule has 1 aliphatic rings. The second-order valence-electron chi connectivity index (χ2n) is 6.14. The van der Waals surface area contributed by atoms with Gasteiger partial charge in [-0.05, 0) is 35.9 Å². The highest BCUT2D eigenvalue weighted by molar-refractivity contribution is 7.89. The van der Waals surface area contributed by atoms with Gasteiger partial charge in [-0.15, -0.1) is 11.3 Å². The zero-order valence-electron chi connectivity index (χ0n) is 13.7. The quantitative estimate of drug-likeness (QED) is 0.744. The zero-order valence-corrected chi connectivity index (χ0v) is 15.4. The van der Waals surface area contributed by atoms with Crippen LogP contribution in [0.4, 0.5) is 0 Å². The maximum Gasteiger partial charge on any atom is 0.240 e. The third-order valence-corrected chi connectivity index (χ3v) is 6.97. The summed E-state index contributed by atoms with van der Waals surface area (Å²) in [4.78, 5) is 4.89. The molecule has 0 radical (unpaired) electrons. The van der Waals surface area contributed by atoms with Crippen LogP contribution in [0.2, 0.25) is 0 Å². The highest BCUT2D eigenvalue weighted by atomic mass is 32.2. The molecule has 0 saturated heterocycles. The van der Waals surface area contributed by atoms with Gasteiger partial charge in [-0.1, -0.05) is 19.1 Å². The maximum atomic E-state index is 12.6. The lowest BCUT2D eigenvalue weighted by Gasteiger charge is -2.11. The second-order valence-corrected chi connectivity index (χ2v) is 8.97. The van der Waals surface area contributed by atoms with Gasteiger partial charge in [0.1, 0.15) is 5.75 Å². The van der Waals surface area contributed by atoms with Crippen LogP contribution in [0, 0.1) is 0 Å². The van der Waals surface area contributed by atoms with Crippen LogP contribution in [0.15, 0.2) is 47.4 Å². The summed E-state index contributed by atoms with van der Waals surface area (Å²) < 4.78 is 34.4. The molecule has 3 aromatic rings. The van der Waals surface area contributed by atoms with Crippen molar-refractivity contribution in [2.45, 2.75) is 24.2 Å². The Balaban J connectivity index is 1.49. The minimum absolute atomic E-state index is 0.00457. The molecule has 0 bridgehead atoms. The van der Waals surface area contributed by atoms with E-state index in [-0.39, 0.29) is 10.8 Å². The summed E-state index contributed by atoms with van der Waals surface area (Å²) in [7, 11) is -3.54.